The van der Waals surface area contributed by atoms with Crippen LogP contribution in [0.15, 0.2) is 53.0 Å². The topological polar surface area (TPSA) is 29.1 Å². The number of rotatable bonds is 4. The first-order valence-corrected chi connectivity index (χ1v) is 8.31. The number of benzene rings is 2. The Morgan fingerprint density at radius 2 is 1.95 bits per heavy atom. The molecular weight excluding hydrogens is 452 g/mol. The normalized spacial score (nSPS) is 11.9. The smallest absolute Gasteiger partial charge is 0.252 e. The highest BCUT2D eigenvalue weighted by atomic mass is 127. The minimum Gasteiger partial charge on any atom is -0.350 e. The Morgan fingerprint density at radius 3 is 2.65 bits per heavy atom. The molecule has 1 unspecified atom stereocenters. The second kappa shape index (κ2) is 7.43. The van der Waals surface area contributed by atoms with Crippen LogP contribution >= 0.6 is 50.1 Å². The summed E-state index contributed by atoms with van der Waals surface area (Å²) in [5.41, 5.74) is 1.62. The summed E-state index contributed by atoms with van der Waals surface area (Å²) in [5.74, 6) is -0.128. The lowest BCUT2D eigenvalue weighted by Gasteiger charge is -2.12. The van der Waals surface area contributed by atoms with Gasteiger partial charge in [-0.2, -0.15) is 0 Å². The quantitative estimate of drug-likeness (QED) is 0.513. The molecule has 1 atom stereocenters. The highest BCUT2D eigenvalue weighted by Gasteiger charge is 2.13. The van der Waals surface area contributed by atoms with E-state index in [2.05, 4.69) is 43.8 Å². The molecule has 2 rings (SSSR count). The van der Waals surface area contributed by atoms with Crippen LogP contribution < -0.4 is 5.32 Å². The van der Waals surface area contributed by atoms with Crippen LogP contribution in [0, 0.1) is 3.57 Å². The molecule has 0 fully saturated rings. The molecule has 2 aromatic carbocycles. The van der Waals surface area contributed by atoms with Crippen LogP contribution in [0.3, 0.4) is 0 Å². The number of hydrogen-bond acceptors (Lipinski definition) is 1. The largest absolute Gasteiger partial charge is 0.350 e. The van der Waals surface area contributed by atoms with Gasteiger partial charge in [0.1, 0.15) is 0 Å². The zero-order valence-corrected chi connectivity index (χ0v) is 14.9. The maximum absolute atomic E-state index is 12.2. The molecule has 0 bridgehead atoms. The molecule has 2 nitrogen and oxygen atoms in total. The predicted molar refractivity (Wildman–Crippen MR) is 94.2 cm³/mol. The molecule has 0 radical (unpaired) electrons. The minimum absolute atomic E-state index is 0.128. The lowest BCUT2D eigenvalue weighted by Crippen LogP contribution is -2.27. The number of hydrogen-bond donors (Lipinski definition) is 1. The van der Waals surface area contributed by atoms with Gasteiger partial charge >= 0.3 is 0 Å². The summed E-state index contributed by atoms with van der Waals surface area (Å²) in [4.78, 5) is 12.2. The average Bonchev–Trinajstić information content (AvgIpc) is 2.47. The van der Waals surface area contributed by atoms with Crippen LogP contribution in [0.1, 0.15) is 21.3 Å². The van der Waals surface area contributed by atoms with E-state index in [-0.39, 0.29) is 11.3 Å². The maximum atomic E-state index is 12.2. The number of alkyl halides is 1. The van der Waals surface area contributed by atoms with Gasteiger partial charge in [0.15, 0.2) is 0 Å². The van der Waals surface area contributed by atoms with E-state index in [1.54, 1.807) is 0 Å². The van der Waals surface area contributed by atoms with E-state index >= 15 is 0 Å². The highest BCUT2D eigenvalue weighted by molar-refractivity contribution is 14.1. The summed E-state index contributed by atoms with van der Waals surface area (Å²) in [7, 11) is 0. The van der Waals surface area contributed by atoms with E-state index < -0.39 is 0 Å². The molecule has 5 heteroatoms. The Bertz CT molecular complexity index is 606. The summed E-state index contributed by atoms with van der Waals surface area (Å²) in [6.07, 6.45) is 0. The van der Waals surface area contributed by atoms with Crippen LogP contribution in [0.2, 0.25) is 0 Å². The molecule has 0 spiro atoms. The van der Waals surface area contributed by atoms with E-state index in [9.17, 15) is 4.79 Å². The van der Waals surface area contributed by atoms with Crippen LogP contribution in [0.4, 0.5) is 0 Å². The second-order valence-electron chi connectivity index (χ2n) is 4.21. The molecule has 0 aliphatic rings. The molecule has 0 heterocycles. The summed E-state index contributed by atoms with van der Waals surface area (Å²) < 4.78 is 1.79. The average molecular weight is 465 g/mol. The standard InChI is InChI=1S/C15H12BrClINO/c16-13-7-6-11(18)8-12(13)15(20)19-9-14(17)10-4-2-1-3-5-10/h1-8,14H,9H2,(H,19,20). The van der Waals surface area contributed by atoms with Crippen molar-refractivity contribution in [2.24, 2.45) is 0 Å². The molecule has 0 saturated heterocycles. The van der Waals surface area contributed by atoms with Gasteiger partial charge in [0.05, 0.1) is 10.9 Å². The van der Waals surface area contributed by atoms with Gasteiger partial charge in [0.25, 0.3) is 5.91 Å². The first kappa shape index (κ1) is 15.8. The fourth-order valence-electron chi connectivity index (χ4n) is 1.73. The van der Waals surface area contributed by atoms with Crippen molar-refractivity contribution in [3.63, 3.8) is 0 Å². The molecule has 1 amide bonds. The monoisotopic (exact) mass is 463 g/mol. The molecule has 0 aliphatic carbocycles. The molecule has 2 aromatic rings. The Morgan fingerprint density at radius 1 is 1.25 bits per heavy atom. The maximum Gasteiger partial charge on any atom is 0.252 e. The van der Waals surface area contributed by atoms with Gasteiger partial charge in [0, 0.05) is 14.6 Å². The van der Waals surface area contributed by atoms with Gasteiger partial charge in [-0.15, -0.1) is 11.6 Å². The van der Waals surface area contributed by atoms with Gasteiger partial charge in [-0.1, -0.05) is 30.3 Å². The molecule has 0 aromatic heterocycles. The van der Waals surface area contributed by atoms with Crippen molar-refractivity contribution in [3.8, 4) is 0 Å². The second-order valence-corrected chi connectivity index (χ2v) is 6.84. The number of halogens is 3. The van der Waals surface area contributed by atoms with Crippen LogP contribution in [-0.4, -0.2) is 12.5 Å². The predicted octanol–water partition coefficient (Wildman–Crippen LogP) is 4.76. The Labute approximate surface area is 145 Å². The van der Waals surface area contributed by atoms with Gasteiger partial charge < -0.3 is 5.32 Å². The molecular formula is C15H12BrClINO. The van der Waals surface area contributed by atoms with Crippen molar-refractivity contribution in [1.29, 1.82) is 0 Å². The molecule has 20 heavy (non-hydrogen) atoms. The van der Waals surface area contributed by atoms with Crippen molar-refractivity contribution >= 4 is 56.0 Å². The fourth-order valence-corrected chi connectivity index (χ4v) is 2.87. The first-order chi connectivity index (χ1) is 9.58. The fraction of sp³-hybridized carbons (Fsp3) is 0.133. The molecule has 0 saturated carbocycles. The molecule has 0 aliphatic heterocycles. The Balaban J connectivity index is 2.00. The van der Waals surface area contributed by atoms with Crippen molar-refractivity contribution in [2.45, 2.75) is 5.38 Å². The van der Waals surface area contributed by atoms with E-state index in [0.29, 0.717) is 12.1 Å². The summed E-state index contributed by atoms with van der Waals surface area (Å²) in [6, 6.07) is 15.4. The Hall–Kier alpha value is -0.590. The van der Waals surface area contributed by atoms with Crippen molar-refractivity contribution < 1.29 is 4.79 Å². The Kier molecular flexibility index (Phi) is 5.86. The van der Waals surface area contributed by atoms with Crippen LogP contribution in [-0.2, 0) is 0 Å². The number of carbonyl (C=O) groups excluding carboxylic acids is 1. The number of amides is 1. The van der Waals surface area contributed by atoms with E-state index in [0.717, 1.165) is 13.6 Å². The van der Waals surface area contributed by atoms with Crippen molar-refractivity contribution in [2.75, 3.05) is 6.54 Å². The summed E-state index contributed by atoms with van der Waals surface area (Å²) >= 11 is 11.8. The summed E-state index contributed by atoms with van der Waals surface area (Å²) in [5, 5.41) is 2.63. The SMILES string of the molecule is O=C(NCC(Cl)c1ccccc1)c1cc(I)ccc1Br. The lowest BCUT2D eigenvalue weighted by atomic mass is 10.1. The van der Waals surface area contributed by atoms with Gasteiger partial charge in [-0.3, -0.25) is 4.79 Å². The molecule has 1 N–H and O–H groups in total. The molecule has 104 valence electrons. The van der Waals surface area contributed by atoms with E-state index in [1.807, 2.05) is 48.5 Å². The van der Waals surface area contributed by atoms with Crippen molar-refractivity contribution in [3.05, 3.63) is 67.7 Å². The zero-order valence-electron chi connectivity index (χ0n) is 10.4. The zero-order chi connectivity index (χ0) is 14.5. The number of nitrogens with one attached hydrogen (secondary N) is 1. The minimum atomic E-state index is -0.235. The third-order valence-corrected chi connectivity index (χ3v) is 4.54. The van der Waals surface area contributed by atoms with Crippen LogP contribution in [0.5, 0.6) is 0 Å². The van der Waals surface area contributed by atoms with E-state index in [1.165, 1.54) is 0 Å². The van der Waals surface area contributed by atoms with Gasteiger partial charge in [-0.05, 0) is 62.3 Å². The van der Waals surface area contributed by atoms with Crippen LogP contribution in [0.25, 0.3) is 0 Å². The third kappa shape index (κ3) is 4.20. The van der Waals surface area contributed by atoms with Gasteiger partial charge in [-0.25, -0.2) is 0 Å². The highest BCUT2D eigenvalue weighted by Crippen LogP contribution is 2.21. The first-order valence-electron chi connectivity index (χ1n) is 6.00. The van der Waals surface area contributed by atoms with Gasteiger partial charge in [0.2, 0.25) is 0 Å². The summed E-state index contributed by atoms with van der Waals surface area (Å²) in [6.45, 7) is 0.391. The third-order valence-electron chi connectivity index (χ3n) is 2.78. The lowest BCUT2D eigenvalue weighted by molar-refractivity contribution is 0.0953. The van der Waals surface area contributed by atoms with Crippen molar-refractivity contribution in [1.82, 2.24) is 5.32 Å². The van der Waals surface area contributed by atoms with E-state index in [4.69, 9.17) is 11.6 Å². The number of carbonyl (C=O) groups is 1.